The average Bonchev–Trinajstić information content (AvgIpc) is 2.81. The first kappa shape index (κ1) is 15.9. The quantitative estimate of drug-likeness (QED) is 0.826. The molecule has 0 atom stereocenters. The SMILES string of the molecule is CCOc1ccc2[nH]cc(CCN(C(C)C)C(C)C)c2c1. The van der Waals surface area contributed by atoms with Crippen molar-refractivity contribution in [3.63, 3.8) is 0 Å². The largest absolute Gasteiger partial charge is 0.494 e. The zero-order valence-corrected chi connectivity index (χ0v) is 13.9. The van der Waals surface area contributed by atoms with Crippen molar-refractivity contribution in [2.45, 2.75) is 53.1 Å². The molecule has 1 aromatic carbocycles. The summed E-state index contributed by atoms with van der Waals surface area (Å²) in [6, 6.07) is 7.44. The van der Waals surface area contributed by atoms with Gasteiger partial charge in [-0.1, -0.05) is 0 Å². The van der Waals surface area contributed by atoms with Gasteiger partial charge >= 0.3 is 0 Å². The minimum Gasteiger partial charge on any atom is -0.494 e. The number of hydrogen-bond donors (Lipinski definition) is 1. The van der Waals surface area contributed by atoms with Crippen LogP contribution in [-0.4, -0.2) is 35.1 Å². The molecule has 0 unspecified atom stereocenters. The van der Waals surface area contributed by atoms with Gasteiger partial charge < -0.3 is 9.72 Å². The zero-order chi connectivity index (χ0) is 15.4. The van der Waals surface area contributed by atoms with Crippen molar-refractivity contribution in [2.24, 2.45) is 0 Å². The number of aromatic amines is 1. The van der Waals surface area contributed by atoms with E-state index in [1.54, 1.807) is 0 Å². The molecular formula is C18H28N2O. The Balaban J connectivity index is 2.16. The second-order valence-electron chi connectivity index (χ2n) is 6.13. The van der Waals surface area contributed by atoms with Crippen molar-refractivity contribution in [1.29, 1.82) is 0 Å². The first-order valence-electron chi connectivity index (χ1n) is 8.01. The van der Waals surface area contributed by atoms with Crippen LogP contribution in [0.25, 0.3) is 10.9 Å². The van der Waals surface area contributed by atoms with Gasteiger partial charge in [-0.15, -0.1) is 0 Å². The zero-order valence-electron chi connectivity index (χ0n) is 13.9. The molecule has 0 aliphatic rings. The summed E-state index contributed by atoms with van der Waals surface area (Å²) in [5, 5.41) is 1.29. The van der Waals surface area contributed by atoms with Crippen molar-refractivity contribution < 1.29 is 4.74 Å². The molecule has 1 N–H and O–H groups in total. The van der Waals surface area contributed by atoms with Crippen LogP contribution in [0.2, 0.25) is 0 Å². The Hall–Kier alpha value is -1.48. The van der Waals surface area contributed by atoms with E-state index < -0.39 is 0 Å². The topological polar surface area (TPSA) is 28.3 Å². The summed E-state index contributed by atoms with van der Waals surface area (Å²) in [5.74, 6) is 0.954. The molecule has 21 heavy (non-hydrogen) atoms. The second-order valence-corrected chi connectivity index (χ2v) is 6.13. The van der Waals surface area contributed by atoms with E-state index in [-0.39, 0.29) is 0 Å². The maximum Gasteiger partial charge on any atom is 0.120 e. The minimum absolute atomic E-state index is 0.578. The number of benzene rings is 1. The summed E-state index contributed by atoms with van der Waals surface area (Å²) in [4.78, 5) is 5.90. The molecule has 0 saturated carbocycles. The summed E-state index contributed by atoms with van der Waals surface area (Å²) in [6.45, 7) is 12.9. The van der Waals surface area contributed by atoms with Crippen LogP contribution in [0, 0.1) is 0 Å². The van der Waals surface area contributed by atoms with E-state index in [9.17, 15) is 0 Å². The minimum atomic E-state index is 0.578. The molecule has 0 aliphatic carbocycles. The summed E-state index contributed by atoms with van der Waals surface area (Å²) >= 11 is 0. The monoisotopic (exact) mass is 288 g/mol. The lowest BCUT2D eigenvalue weighted by Gasteiger charge is -2.30. The van der Waals surface area contributed by atoms with Crippen LogP contribution in [0.15, 0.2) is 24.4 Å². The highest BCUT2D eigenvalue weighted by molar-refractivity contribution is 5.84. The molecule has 3 heteroatoms. The van der Waals surface area contributed by atoms with Gasteiger partial charge in [-0.3, -0.25) is 4.90 Å². The van der Waals surface area contributed by atoms with E-state index in [2.05, 4.69) is 55.9 Å². The van der Waals surface area contributed by atoms with E-state index in [1.165, 1.54) is 16.5 Å². The molecule has 116 valence electrons. The molecule has 0 amide bonds. The number of nitrogens with one attached hydrogen (secondary N) is 1. The van der Waals surface area contributed by atoms with E-state index in [0.29, 0.717) is 18.7 Å². The first-order valence-corrected chi connectivity index (χ1v) is 8.01. The predicted molar refractivity (Wildman–Crippen MR) is 90.1 cm³/mol. The lowest BCUT2D eigenvalue weighted by atomic mass is 10.1. The number of rotatable bonds is 7. The number of ether oxygens (including phenoxy) is 1. The first-order chi connectivity index (χ1) is 10.0. The summed E-state index contributed by atoms with van der Waals surface area (Å²) in [6.07, 6.45) is 3.20. The van der Waals surface area contributed by atoms with Crippen LogP contribution in [0.4, 0.5) is 0 Å². The molecule has 1 heterocycles. The van der Waals surface area contributed by atoms with Crippen LogP contribution in [-0.2, 0) is 6.42 Å². The average molecular weight is 288 g/mol. The number of aromatic nitrogens is 1. The Morgan fingerprint density at radius 3 is 2.48 bits per heavy atom. The van der Waals surface area contributed by atoms with Gasteiger partial charge in [-0.2, -0.15) is 0 Å². The molecule has 1 aromatic heterocycles. The molecule has 2 rings (SSSR count). The van der Waals surface area contributed by atoms with Gasteiger partial charge in [-0.05, 0) is 64.8 Å². The standard InChI is InChI=1S/C18H28N2O/c1-6-21-16-7-8-18-17(11-16)15(12-19-18)9-10-20(13(2)3)14(4)5/h7-8,11-14,19H,6,9-10H2,1-5H3. The van der Waals surface area contributed by atoms with Crippen molar-refractivity contribution in [3.05, 3.63) is 30.0 Å². The van der Waals surface area contributed by atoms with Gasteiger partial charge in [0.15, 0.2) is 0 Å². The lowest BCUT2D eigenvalue weighted by molar-refractivity contribution is 0.177. The molecule has 0 aliphatic heterocycles. The molecule has 0 saturated heterocycles. The van der Waals surface area contributed by atoms with Gasteiger partial charge in [-0.25, -0.2) is 0 Å². The third-order valence-electron chi connectivity index (χ3n) is 4.02. The van der Waals surface area contributed by atoms with Crippen LogP contribution in [0.3, 0.4) is 0 Å². The smallest absolute Gasteiger partial charge is 0.120 e. The molecule has 0 spiro atoms. The lowest BCUT2D eigenvalue weighted by Crippen LogP contribution is -2.38. The fraction of sp³-hybridized carbons (Fsp3) is 0.556. The number of nitrogens with zero attached hydrogens (tertiary/aromatic N) is 1. The van der Waals surface area contributed by atoms with Gasteiger partial charge in [0.25, 0.3) is 0 Å². The highest BCUT2D eigenvalue weighted by Gasteiger charge is 2.14. The van der Waals surface area contributed by atoms with Crippen molar-refractivity contribution in [3.8, 4) is 5.75 Å². The van der Waals surface area contributed by atoms with E-state index in [0.717, 1.165) is 18.7 Å². The van der Waals surface area contributed by atoms with Gasteiger partial charge in [0, 0.05) is 35.7 Å². The fourth-order valence-electron chi connectivity index (χ4n) is 2.98. The molecular weight excluding hydrogens is 260 g/mol. The van der Waals surface area contributed by atoms with Gasteiger partial charge in [0.2, 0.25) is 0 Å². The Kier molecular flexibility index (Phi) is 5.29. The van der Waals surface area contributed by atoms with Gasteiger partial charge in [0.05, 0.1) is 6.61 Å². The third-order valence-corrected chi connectivity index (χ3v) is 4.02. The van der Waals surface area contributed by atoms with E-state index in [1.807, 2.05) is 13.0 Å². The van der Waals surface area contributed by atoms with Crippen molar-refractivity contribution in [2.75, 3.05) is 13.2 Å². The number of fused-ring (bicyclic) bond motifs is 1. The summed E-state index contributed by atoms with van der Waals surface area (Å²) in [7, 11) is 0. The fourth-order valence-corrected chi connectivity index (χ4v) is 2.98. The normalized spacial score (nSPS) is 12.0. The third kappa shape index (κ3) is 3.79. The van der Waals surface area contributed by atoms with Crippen LogP contribution in [0.1, 0.15) is 40.2 Å². The number of H-pyrrole nitrogens is 1. The van der Waals surface area contributed by atoms with E-state index >= 15 is 0 Å². The molecule has 0 fully saturated rings. The molecule has 0 radical (unpaired) electrons. The molecule has 2 aromatic rings. The maximum absolute atomic E-state index is 5.62. The Morgan fingerprint density at radius 1 is 1.14 bits per heavy atom. The van der Waals surface area contributed by atoms with Gasteiger partial charge in [0.1, 0.15) is 5.75 Å². The predicted octanol–water partition coefficient (Wildman–Crippen LogP) is 4.23. The highest BCUT2D eigenvalue weighted by Crippen LogP contribution is 2.24. The van der Waals surface area contributed by atoms with Crippen molar-refractivity contribution >= 4 is 10.9 Å². The van der Waals surface area contributed by atoms with Crippen molar-refractivity contribution in [1.82, 2.24) is 9.88 Å². The van der Waals surface area contributed by atoms with Crippen LogP contribution in [0.5, 0.6) is 5.75 Å². The van der Waals surface area contributed by atoms with E-state index in [4.69, 9.17) is 4.74 Å². The Morgan fingerprint density at radius 2 is 1.86 bits per heavy atom. The Bertz CT molecular complexity index is 564. The molecule has 3 nitrogen and oxygen atoms in total. The summed E-state index contributed by atoms with van der Waals surface area (Å²) in [5.41, 5.74) is 2.56. The number of hydrogen-bond acceptors (Lipinski definition) is 2. The molecule has 0 bridgehead atoms. The van der Waals surface area contributed by atoms with Crippen LogP contribution >= 0.6 is 0 Å². The Labute approximate surface area is 128 Å². The summed E-state index contributed by atoms with van der Waals surface area (Å²) < 4.78 is 5.62. The van der Waals surface area contributed by atoms with Crippen LogP contribution < -0.4 is 4.74 Å². The second kappa shape index (κ2) is 6.99. The maximum atomic E-state index is 5.62. The highest BCUT2D eigenvalue weighted by atomic mass is 16.5.